The van der Waals surface area contributed by atoms with Crippen LogP contribution < -0.4 is 10.6 Å². The highest BCUT2D eigenvalue weighted by Crippen LogP contribution is 2.48. The molecule has 24 heavy (non-hydrogen) atoms. The molecule has 1 aliphatic carbocycles. The minimum Gasteiger partial charge on any atom is -0.356 e. The molecule has 6 nitrogen and oxygen atoms in total. The van der Waals surface area contributed by atoms with E-state index in [1.807, 2.05) is 18.2 Å². The Labute approximate surface area is 163 Å². The third-order valence-corrected chi connectivity index (χ3v) is 4.32. The van der Waals surface area contributed by atoms with Crippen molar-refractivity contribution in [2.45, 2.75) is 31.7 Å². The monoisotopic (exact) mass is 461 g/mol. The zero-order valence-electron chi connectivity index (χ0n) is 13.7. The van der Waals surface area contributed by atoms with E-state index in [4.69, 9.17) is 16.1 Å². The first kappa shape index (κ1) is 19.0. The molecule has 1 heterocycles. The van der Waals surface area contributed by atoms with Crippen LogP contribution in [0, 0.1) is 6.92 Å². The molecule has 1 aliphatic rings. The smallest absolute Gasteiger partial charge is 0.246 e. The standard InChI is InChI=1S/C16H20ClN5O.HI/c1-11-21-14(23-22-11)9-19-15(18-2)20-10-16(6-7-16)12-4-3-5-13(17)8-12;/h3-5,8H,6-7,9-10H2,1-2H3,(H2,18,19,20);1H. The number of hydrogen-bond acceptors (Lipinski definition) is 4. The number of aliphatic imine (C=N–C) groups is 1. The normalized spacial score (nSPS) is 15.5. The van der Waals surface area contributed by atoms with Gasteiger partial charge in [-0.3, -0.25) is 4.99 Å². The maximum Gasteiger partial charge on any atom is 0.246 e. The van der Waals surface area contributed by atoms with Crippen LogP contribution in [0.3, 0.4) is 0 Å². The Bertz CT molecular complexity index is 714. The molecule has 1 fully saturated rings. The van der Waals surface area contributed by atoms with E-state index in [1.165, 1.54) is 5.56 Å². The zero-order chi connectivity index (χ0) is 16.3. The molecule has 3 rings (SSSR count). The van der Waals surface area contributed by atoms with Crippen molar-refractivity contribution in [3.63, 3.8) is 0 Å². The van der Waals surface area contributed by atoms with Crippen molar-refractivity contribution in [3.05, 3.63) is 46.6 Å². The summed E-state index contributed by atoms with van der Waals surface area (Å²) in [7, 11) is 1.74. The van der Waals surface area contributed by atoms with E-state index in [9.17, 15) is 0 Å². The van der Waals surface area contributed by atoms with Gasteiger partial charge < -0.3 is 15.2 Å². The van der Waals surface area contributed by atoms with Crippen molar-refractivity contribution in [1.82, 2.24) is 20.8 Å². The molecular weight excluding hydrogens is 441 g/mol. The molecule has 1 aromatic heterocycles. The van der Waals surface area contributed by atoms with E-state index in [0.717, 1.165) is 24.4 Å². The molecule has 0 aliphatic heterocycles. The van der Waals surface area contributed by atoms with Crippen molar-refractivity contribution >= 4 is 41.5 Å². The first-order valence-electron chi connectivity index (χ1n) is 7.61. The van der Waals surface area contributed by atoms with Gasteiger partial charge in [0.15, 0.2) is 11.8 Å². The van der Waals surface area contributed by atoms with Gasteiger partial charge in [-0.2, -0.15) is 4.98 Å². The van der Waals surface area contributed by atoms with E-state index >= 15 is 0 Å². The SMILES string of the molecule is CN=C(NCc1nc(C)no1)NCC1(c2cccc(Cl)c2)CC1.I. The molecule has 2 aromatic rings. The lowest BCUT2D eigenvalue weighted by Crippen LogP contribution is -2.41. The minimum absolute atomic E-state index is 0. The number of aryl methyl sites for hydroxylation is 1. The predicted octanol–water partition coefficient (Wildman–Crippen LogP) is 3.05. The van der Waals surface area contributed by atoms with Gasteiger partial charge in [0.25, 0.3) is 0 Å². The van der Waals surface area contributed by atoms with Gasteiger partial charge in [-0.15, -0.1) is 24.0 Å². The van der Waals surface area contributed by atoms with Crippen molar-refractivity contribution in [2.24, 2.45) is 4.99 Å². The Kier molecular flexibility index (Phi) is 6.45. The Morgan fingerprint density at radius 1 is 1.38 bits per heavy atom. The maximum atomic E-state index is 6.11. The summed E-state index contributed by atoms with van der Waals surface area (Å²) < 4.78 is 5.08. The third kappa shape index (κ3) is 4.60. The first-order valence-corrected chi connectivity index (χ1v) is 7.99. The second-order valence-electron chi connectivity index (χ2n) is 5.81. The van der Waals surface area contributed by atoms with Crippen molar-refractivity contribution in [2.75, 3.05) is 13.6 Å². The van der Waals surface area contributed by atoms with E-state index in [1.54, 1.807) is 14.0 Å². The summed E-state index contributed by atoms with van der Waals surface area (Å²) in [5, 5.41) is 11.1. The van der Waals surface area contributed by atoms with Crippen LogP contribution in [0.2, 0.25) is 5.02 Å². The lowest BCUT2D eigenvalue weighted by atomic mass is 9.96. The lowest BCUT2D eigenvalue weighted by Gasteiger charge is -2.19. The molecule has 0 unspecified atom stereocenters. The highest BCUT2D eigenvalue weighted by Gasteiger charge is 2.44. The summed E-state index contributed by atoms with van der Waals surface area (Å²) in [6.45, 7) is 3.06. The molecule has 130 valence electrons. The number of hydrogen-bond donors (Lipinski definition) is 2. The average Bonchev–Trinajstić information content (AvgIpc) is 3.23. The second kappa shape index (κ2) is 8.15. The minimum atomic E-state index is 0. The van der Waals surface area contributed by atoms with Crippen molar-refractivity contribution in [1.29, 1.82) is 0 Å². The molecule has 2 N–H and O–H groups in total. The molecule has 0 amide bonds. The molecule has 0 saturated heterocycles. The number of nitrogens with one attached hydrogen (secondary N) is 2. The van der Waals surface area contributed by atoms with E-state index in [0.29, 0.717) is 24.2 Å². The average molecular weight is 462 g/mol. The van der Waals surface area contributed by atoms with Gasteiger partial charge in [0, 0.05) is 24.0 Å². The fraction of sp³-hybridized carbons (Fsp3) is 0.438. The van der Waals surface area contributed by atoms with Gasteiger partial charge in [-0.25, -0.2) is 0 Å². The van der Waals surface area contributed by atoms with Gasteiger partial charge in [-0.1, -0.05) is 28.9 Å². The molecule has 1 saturated carbocycles. The molecule has 0 atom stereocenters. The van der Waals surface area contributed by atoms with Crippen LogP contribution in [0.1, 0.15) is 30.1 Å². The third-order valence-electron chi connectivity index (χ3n) is 4.09. The maximum absolute atomic E-state index is 6.11. The second-order valence-corrected chi connectivity index (χ2v) is 6.24. The number of rotatable bonds is 5. The number of guanidine groups is 1. The van der Waals surface area contributed by atoms with Crippen LogP contribution >= 0.6 is 35.6 Å². The zero-order valence-corrected chi connectivity index (χ0v) is 16.8. The van der Waals surface area contributed by atoms with Gasteiger partial charge in [0.2, 0.25) is 5.89 Å². The number of aromatic nitrogens is 2. The summed E-state index contributed by atoms with van der Waals surface area (Å²) >= 11 is 6.11. The Morgan fingerprint density at radius 2 is 2.17 bits per heavy atom. The van der Waals surface area contributed by atoms with E-state index in [2.05, 4.69) is 31.8 Å². The van der Waals surface area contributed by atoms with E-state index < -0.39 is 0 Å². The summed E-state index contributed by atoms with van der Waals surface area (Å²) in [6, 6.07) is 8.09. The van der Waals surface area contributed by atoms with Gasteiger partial charge in [0.05, 0.1) is 6.54 Å². The summed E-state index contributed by atoms with van der Waals surface area (Å²) in [5.74, 6) is 1.89. The number of halogens is 2. The summed E-state index contributed by atoms with van der Waals surface area (Å²) in [4.78, 5) is 8.39. The highest BCUT2D eigenvalue weighted by molar-refractivity contribution is 14.0. The van der Waals surface area contributed by atoms with Gasteiger partial charge in [-0.05, 0) is 37.5 Å². The van der Waals surface area contributed by atoms with Crippen LogP contribution in [-0.2, 0) is 12.0 Å². The molecule has 8 heteroatoms. The fourth-order valence-corrected chi connectivity index (χ4v) is 2.77. The van der Waals surface area contributed by atoms with Crippen LogP contribution in [0.4, 0.5) is 0 Å². The van der Waals surface area contributed by atoms with Gasteiger partial charge in [0.1, 0.15) is 0 Å². The van der Waals surface area contributed by atoms with E-state index in [-0.39, 0.29) is 29.4 Å². The predicted molar refractivity (Wildman–Crippen MR) is 105 cm³/mol. The molecule has 0 radical (unpaired) electrons. The largest absolute Gasteiger partial charge is 0.356 e. The van der Waals surface area contributed by atoms with Crippen LogP contribution in [0.5, 0.6) is 0 Å². The highest BCUT2D eigenvalue weighted by atomic mass is 127. The van der Waals surface area contributed by atoms with Crippen molar-refractivity contribution < 1.29 is 4.52 Å². The molecule has 0 spiro atoms. The molecule has 0 bridgehead atoms. The lowest BCUT2D eigenvalue weighted by molar-refractivity contribution is 0.371. The topological polar surface area (TPSA) is 75.3 Å². The quantitative estimate of drug-likeness (QED) is 0.407. The Morgan fingerprint density at radius 3 is 2.75 bits per heavy atom. The first-order chi connectivity index (χ1) is 11.1. The molecule has 1 aromatic carbocycles. The number of benzene rings is 1. The molecular formula is C16H21ClIN5O. The van der Waals surface area contributed by atoms with Crippen LogP contribution in [0.15, 0.2) is 33.8 Å². The summed E-state index contributed by atoms with van der Waals surface area (Å²) in [5.41, 5.74) is 1.43. The number of nitrogens with zero attached hydrogens (tertiary/aromatic N) is 3. The van der Waals surface area contributed by atoms with Crippen LogP contribution in [0.25, 0.3) is 0 Å². The Hall–Kier alpha value is -1.35. The fourth-order valence-electron chi connectivity index (χ4n) is 2.58. The summed E-state index contributed by atoms with van der Waals surface area (Å²) in [6.07, 6.45) is 2.31. The van der Waals surface area contributed by atoms with Crippen molar-refractivity contribution in [3.8, 4) is 0 Å². The Balaban J connectivity index is 0.00000208. The van der Waals surface area contributed by atoms with Crippen LogP contribution in [-0.4, -0.2) is 29.7 Å². The van der Waals surface area contributed by atoms with Gasteiger partial charge >= 0.3 is 0 Å².